The van der Waals surface area contributed by atoms with Crippen LogP contribution in [-0.4, -0.2) is 73.3 Å². The molecular weight excluding hydrogens is 991 g/mol. The summed E-state index contributed by atoms with van der Waals surface area (Å²) in [7, 11) is 0. The fourth-order valence-electron chi connectivity index (χ4n) is 10.4. The lowest BCUT2D eigenvalue weighted by molar-refractivity contribution is -0.160. The van der Waals surface area contributed by atoms with Crippen molar-refractivity contribution in [2.24, 2.45) is 22.7 Å². The van der Waals surface area contributed by atoms with Crippen molar-refractivity contribution in [2.45, 2.75) is 196 Å². The van der Waals surface area contributed by atoms with Crippen LogP contribution in [0.15, 0.2) is 109 Å². The van der Waals surface area contributed by atoms with Crippen molar-refractivity contribution in [1.29, 1.82) is 0 Å². The summed E-state index contributed by atoms with van der Waals surface area (Å²) in [4.78, 5) is 69.8. The monoisotopic (exact) mass is 1090 g/mol. The van der Waals surface area contributed by atoms with Crippen LogP contribution in [0.3, 0.4) is 0 Å². The van der Waals surface area contributed by atoms with Crippen LogP contribution >= 0.6 is 0 Å². The molecule has 1 amide bonds. The maximum Gasteiger partial charge on any atom is 0.310 e. The van der Waals surface area contributed by atoms with Crippen LogP contribution in [0.25, 0.3) is 0 Å². The SMILES string of the molecule is CC.CCC(C)(C)C(=O)C(=O)C1CCCCCC1C(=O)OC(CCc1ccccc1)c1cccc(OCCCCCCOc2cccc([C@@H](CCc3ccccc3)OCOCC3CCCCCN3C(=O)C(=O)C(C)(C)CC)c2)c1. The molecule has 0 aromatic heterocycles. The number of ether oxygens (including phenoxy) is 5. The van der Waals surface area contributed by atoms with E-state index in [2.05, 4.69) is 36.4 Å². The minimum absolute atomic E-state index is 0.0607. The Hall–Kier alpha value is -5.65. The Balaban J connectivity index is 0.00000567. The van der Waals surface area contributed by atoms with E-state index in [1.165, 1.54) is 5.56 Å². The van der Waals surface area contributed by atoms with E-state index in [1.54, 1.807) is 4.90 Å². The van der Waals surface area contributed by atoms with Crippen molar-refractivity contribution in [3.05, 3.63) is 131 Å². The largest absolute Gasteiger partial charge is 0.494 e. The van der Waals surface area contributed by atoms with Crippen molar-refractivity contribution in [3.8, 4) is 11.5 Å². The average molecular weight is 1090 g/mol. The van der Waals surface area contributed by atoms with Gasteiger partial charge in [-0.05, 0) is 136 Å². The van der Waals surface area contributed by atoms with Gasteiger partial charge in [-0.25, -0.2) is 0 Å². The van der Waals surface area contributed by atoms with Crippen molar-refractivity contribution in [2.75, 3.05) is 33.2 Å². The average Bonchev–Trinajstić information content (AvgIpc) is 3.88. The minimum Gasteiger partial charge on any atom is -0.494 e. The molecule has 1 saturated heterocycles. The minimum atomic E-state index is -0.774. The predicted octanol–water partition coefficient (Wildman–Crippen LogP) is 15.2. The third-order valence-electron chi connectivity index (χ3n) is 16.2. The van der Waals surface area contributed by atoms with Crippen molar-refractivity contribution in [3.63, 3.8) is 0 Å². The van der Waals surface area contributed by atoms with E-state index in [1.807, 2.05) is 128 Å². The molecule has 0 N–H and O–H groups in total. The molecule has 1 aliphatic heterocycles. The predicted molar refractivity (Wildman–Crippen MR) is 314 cm³/mol. The van der Waals surface area contributed by atoms with Gasteiger partial charge >= 0.3 is 5.97 Å². The molecule has 2 fully saturated rings. The molecule has 4 aromatic carbocycles. The molecule has 432 valence electrons. The van der Waals surface area contributed by atoms with E-state index in [0.29, 0.717) is 70.6 Å². The highest BCUT2D eigenvalue weighted by molar-refractivity contribution is 6.40. The van der Waals surface area contributed by atoms with Crippen LogP contribution in [0.4, 0.5) is 0 Å². The van der Waals surface area contributed by atoms with Gasteiger partial charge in [-0.3, -0.25) is 24.0 Å². The van der Waals surface area contributed by atoms with Crippen LogP contribution < -0.4 is 9.47 Å². The van der Waals surface area contributed by atoms with Gasteiger partial charge in [0.2, 0.25) is 17.3 Å². The normalized spacial score (nSPS) is 17.7. The van der Waals surface area contributed by atoms with Gasteiger partial charge in [0, 0.05) is 23.3 Å². The number of esters is 1. The molecule has 79 heavy (non-hydrogen) atoms. The van der Waals surface area contributed by atoms with E-state index < -0.39 is 52.2 Å². The summed E-state index contributed by atoms with van der Waals surface area (Å²) in [5.74, 6) is -1.78. The number of rotatable bonds is 31. The number of hydrogen-bond donors (Lipinski definition) is 0. The zero-order chi connectivity index (χ0) is 57.0. The highest BCUT2D eigenvalue weighted by Crippen LogP contribution is 2.37. The van der Waals surface area contributed by atoms with Gasteiger partial charge in [0.15, 0.2) is 0 Å². The summed E-state index contributed by atoms with van der Waals surface area (Å²) < 4.78 is 31.6. The number of ketones is 3. The smallest absolute Gasteiger partial charge is 0.310 e. The number of likely N-dealkylation sites (tertiary alicyclic amines) is 1. The lowest BCUT2D eigenvalue weighted by Crippen LogP contribution is -2.49. The number of carbonyl (C=O) groups is 5. The first-order valence-electron chi connectivity index (χ1n) is 30.1. The van der Waals surface area contributed by atoms with Crippen molar-refractivity contribution >= 4 is 29.2 Å². The summed E-state index contributed by atoms with van der Waals surface area (Å²) in [5, 5.41) is 0. The van der Waals surface area contributed by atoms with E-state index in [-0.39, 0.29) is 24.7 Å². The Morgan fingerprint density at radius 3 is 1.65 bits per heavy atom. The number of nitrogens with zero attached hydrogens (tertiary/aromatic N) is 1. The van der Waals surface area contributed by atoms with Crippen molar-refractivity contribution < 1.29 is 47.7 Å². The first kappa shape index (κ1) is 64.2. The molecule has 4 aromatic rings. The van der Waals surface area contributed by atoms with Crippen LogP contribution in [0.5, 0.6) is 11.5 Å². The number of Topliss-reactive ketones (excluding diaryl/α,β-unsaturated/α-hetero) is 3. The molecule has 0 bridgehead atoms. The van der Waals surface area contributed by atoms with Crippen LogP contribution in [0.1, 0.15) is 199 Å². The molecule has 1 heterocycles. The van der Waals surface area contributed by atoms with E-state index in [9.17, 15) is 24.0 Å². The maximum atomic E-state index is 14.2. The van der Waals surface area contributed by atoms with Crippen LogP contribution in [-0.2, 0) is 51.0 Å². The van der Waals surface area contributed by atoms with Gasteiger partial charge in [0.1, 0.15) is 24.4 Å². The molecule has 6 rings (SSSR count). The summed E-state index contributed by atoms with van der Waals surface area (Å²) in [5.41, 5.74) is 2.74. The maximum absolute atomic E-state index is 14.2. The fraction of sp³-hybridized carbons (Fsp3) is 0.574. The number of aryl methyl sites for hydroxylation is 2. The summed E-state index contributed by atoms with van der Waals surface area (Å²) in [6, 6.07) is 36.3. The highest BCUT2D eigenvalue weighted by Gasteiger charge is 2.43. The van der Waals surface area contributed by atoms with Crippen LogP contribution in [0, 0.1) is 22.7 Å². The number of hydrogen-bond acceptors (Lipinski definition) is 10. The number of unbranched alkanes of at least 4 members (excludes halogenated alkanes) is 3. The van der Waals surface area contributed by atoms with E-state index in [4.69, 9.17) is 23.7 Å². The van der Waals surface area contributed by atoms with Gasteiger partial charge in [-0.15, -0.1) is 0 Å². The topological polar surface area (TPSA) is 135 Å². The molecular formula is C68H95NO10. The summed E-state index contributed by atoms with van der Waals surface area (Å²) in [6.45, 7) is 17.2. The van der Waals surface area contributed by atoms with E-state index >= 15 is 0 Å². The second kappa shape index (κ2) is 33.8. The Labute approximate surface area is 474 Å². The van der Waals surface area contributed by atoms with Gasteiger partial charge in [-0.2, -0.15) is 0 Å². The number of amides is 1. The lowest BCUT2D eigenvalue weighted by Gasteiger charge is -2.32. The fourth-order valence-corrected chi connectivity index (χ4v) is 10.4. The van der Waals surface area contributed by atoms with Gasteiger partial charge < -0.3 is 28.6 Å². The van der Waals surface area contributed by atoms with Gasteiger partial charge in [0.25, 0.3) is 5.91 Å². The van der Waals surface area contributed by atoms with Crippen molar-refractivity contribution in [1.82, 2.24) is 4.90 Å². The first-order valence-corrected chi connectivity index (χ1v) is 30.1. The van der Waals surface area contributed by atoms with Gasteiger partial charge in [0.05, 0.1) is 37.9 Å². The Kier molecular flexibility index (Phi) is 27.5. The molecule has 5 atom stereocenters. The molecule has 2 aliphatic rings. The molecule has 4 unspecified atom stereocenters. The molecule has 0 radical (unpaired) electrons. The molecule has 0 spiro atoms. The first-order chi connectivity index (χ1) is 38.2. The standard InChI is InChI=1S/C66H89NO10.C2H6/c1-7-65(3,4)61(69)60(68)56-36-20-13-21-37-57(56)64(72)77-59(41-39-50-29-17-12-18-30-50)52-32-26-35-55(46-52)75-44-24-10-9-23-43-74-54-34-25-31-51(45-54)58(40-38-49-27-15-11-16-28-49)76-48-73-47-53-33-19-14-22-42-67(53)63(71)62(70)66(5,6)8-2;1-2/h11-12,15-18,25-32,34-35,45-46,53,56-59H,7-10,13-14,19-24,33,36-44,47-48H2,1-6H3;1-2H3/t53?,56?,57?,58-,59?;/m1./s1. The molecule has 1 saturated carbocycles. The molecule has 11 nitrogen and oxygen atoms in total. The molecule has 11 heteroatoms. The quantitative estimate of drug-likeness (QED) is 0.0158. The lowest BCUT2D eigenvalue weighted by atomic mass is 9.75. The summed E-state index contributed by atoms with van der Waals surface area (Å²) >= 11 is 0. The highest BCUT2D eigenvalue weighted by atomic mass is 16.7. The van der Waals surface area contributed by atoms with Gasteiger partial charge in [-0.1, -0.05) is 172 Å². The Morgan fingerprint density at radius 1 is 0.570 bits per heavy atom. The third kappa shape index (κ3) is 20.4. The number of carbonyl (C=O) groups excluding carboxylic acids is 5. The molecule has 1 aliphatic carbocycles. The summed E-state index contributed by atoms with van der Waals surface area (Å²) in [6.07, 6.45) is 14.1. The Bertz CT molecular complexity index is 2450. The zero-order valence-corrected chi connectivity index (χ0v) is 49.3. The third-order valence-corrected chi connectivity index (χ3v) is 16.2. The Morgan fingerprint density at radius 2 is 1.08 bits per heavy atom. The van der Waals surface area contributed by atoms with E-state index in [0.717, 1.165) is 106 Å². The second-order valence-corrected chi connectivity index (χ2v) is 22.7. The number of benzene rings is 4. The second-order valence-electron chi connectivity index (χ2n) is 22.7. The van der Waals surface area contributed by atoms with Crippen LogP contribution in [0.2, 0.25) is 0 Å². The zero-order valence-electron chi connectivity index (χ0n) is 49.3.